The molecular formula is C21H20N4O11S3. The Labute approximate surface area is 229 Å². The number of rotatable bonds is 12. The number of amides is 5. The third-order valence-corrected chi connectivity index (χ3v) is 8.54. The van der Waals surface area contributed by atoms with Gasteiger partial charge >= 0.3 is 22.2 Å². The minimum absolute atomic E-state index is 0.140. The number of carbonyl (C=O) groups is 7. The van der Waals surface area contributed by atoms with Gasteiger partial charge in [0.1, 0.15) is 12.1 Å². The van der Waals surface area contributed by atoms with E-state index in [0.29, 0.717) is 0 Å². The number of imide groups is 2. The lowest BCUT2D eigenvalue weighted by atomic mass is 10.2. The zero-order valence-electron chi connectivity index (χ0n) is 19.7. The van der Waals surface area contributed by atoms with Crippen molar-refractivity contribution in [2.45, 2.75) is 24.9 Å². The maximum atomic E-state index is 12.7. The summed E-state index contributed by atoms with van der Waals surface area (Å²) in [6.07, 6.45) is 1.08. The van der Waals surface area contributed by atoms with Crippen LogP contribution in [0.4, 0.5) is 0 Å². The highest BCUT2D eigenvalue weighted by Gasteiger charge is 2.42. The number of hydrogen-bond acceptors (Lipinski definition) is 14. The van der Waals surface area contributed by atoms with Gasteiger partial charge in [-0.05, 0) is 12.1 Å². The Morgan fingerprint density at radius 1 is 0.923 bits per heavy atom. The van der Waals surface area contributed by atoms with E-state index in [1.165, 1.54) is 12.1 Å². The van der Waals surface area contributed by atoms with Gasteiger partial charge in [-0.25, -0.2) is 9.59 Å². The fraction of sp³-hybridized carbons (Fsp3) is 0.286. The van der Waals surface area contributed by atoms with E-state index in [4.69, 9.17) is 5.73 Å². The quantitative estimate of drug-likeness (QED) is 0.164. The normalized spacial score (nSPS) is 16.8. The number of carbonyl (C=O) groups excluding carboxylic acids is 7. The van der Waals surface area contributed by atoms with Crippen LogP contribution in [0.1, 0.15) is 23.2 Å². The monoisotopic (exact) mass is 600 g/mol. The first kappa shape index (κ1) is 29.8. The minimum atomic E-state index is -5.11. The van der Waals surface area contributed by atoms with Gasteiger partial charge < -0.3 is 20.1 Å². The lowest BCUT2D eigenvalue weighted by Gasteiger charge is -2.19. The molecule has 0 aliphatic carbocycles. The number of nitrogens with zero attached hydrogens (tertiary/aromatic N) is 2. The molecule has 0 bridgehead atoms. The van der Waals surface area contributed by atoms with Crippen LogP contribution in [0.25, 0.3) is 0 Å². The molecule has 3 rings (SSSR count). The first-order valence-corrected chi connectivity index (χ1v) is 14.7. The standard InChI is InChI=1S/C21H20N4O11S3/c22-13(20(31)35-24-15(26)6-7-16(24)27)10-37-38-11-14(23-19(30)12-4-2-1-3-5-12)21(32)36-39(33,34)25-17(28)8-9-18(25)29/h1-7,13-14H,8-11,22H2,(H,23,30)/t13-,14-/m0/s1. The van der Waals surface area contributed by atoms with E-state index in [9.17, 15) is 42.0 Å². The van der Waals surface area contributed by atoms with Crippen LogP contribution in [0.2, 0.25) is 0 Å². The van der Waals surface area contributed by atoms with Gasteiger partial charge in [0.05, 0.1) is 0 Å². The Hall–Kier alpha value is -3.74. The molecule has 1 aromatic carbocycles. The summed E-state index contributed by atoms with van der Waals surface area (Å²) < 4.78 is 29.1. The van der Waals surface area contributed by atoms with Crippen molar-refractivity contribution in [2.24, 2.45) is 5.73 Å². The van der Waals surface area contributed by atoms with Crippen LogP contribution in [0, 0.1) is 0 Å². The van der Waals surface area contributed by atoms with Crippen LogP contribution in [0.3, 0.4) is 0 Å². The third kappa shape index (κ3) is 7.65. The van der Waals surface area contributed by atoms with Crippen molar-refractivity contribution in [1.82, 2.24) is 14.7 Å². The molecule has 1 fully saturated rings. The first-order valence-electron chi connectivity index (χ1n) is 10.9. The second kappa shape index (κ2) is 12.9. The summed E-state index contributed by atoms with van der Waals surface area (Å²) in [6, 6.07) is 4.75. The van der Waals surface area contributed by atoms with Gasteiger partial charge in [-0.3, -0.25) is 24.0 Å². The molecule has 2 heterocycles. The van der Waals surface area contributed by atoms with Crippen LogP contribution in [-0.4, -0.2) is 82.9 Å². The molecule has 208 valence electrons. The summed E-state index contributed by atoms with van der Waals surface area (Å²) >= 11 is 0. The molecule has 0 saturated carbocycles. The third-order valence-electron chi connectivity index (χ3n) is 4.86. The van der Waals surface area contributed by atoms with Crippen LogP contribution in [0.15, 0.2) is 42.5 Å². The highest BCUT2D eigenvalue weighted by Crippen LogP contribution is 2.24. The largest absolute Gasteiger partial charge is 0.421 e. The van der Waals surface area contributed by atoms with Gasteiger partial charge in [-0.1, -0.05) is 44.9 Å². The zero-order valence-corrected chi connectivity index (χ0v) is 22.2. The van der Waals surface area contributed by atoms with E-state index in [1.54, 1.807) is 18.2 Å². The average Bonchev–Trinajstić information content (AvgIpc) is 3.40. The van der Waals surface area contributed by atoms with E-state index in [0.717, 1.165) is 33.7 Å². The molecule has 0 unspecified atom stereocenters. The summed E-state index contributed by atoms with van der Waals surface area (Å²) in [6.45, 7) is 0. The number of nitrogens with two attached hydrogens (primary N) is 1. The average molecular weight is 601 g/mol. The molecule has 1 aromatic rings. The lowest BCUT2D eigenvalue weighted by Crippen LogP contribution is -2.46. The van der Waals surface area contributed by atoms with Crippen molar-refractivity contribution in [3.8, 4) is 0 Å². The van der Waals surface area contributed by atoms with E-state index in [1.807, 2.05) is 0 Å². The summed E-state index contributed by atoms with van der Waals surface area (Å²) in [7, 11) is -3.30. The number of hydrogen-bond donors (Lipinski definition) is 2. The highest BCUT2D eigenvalue weighted by atomic mass is 33.1. The SMILES string of the molecule is N[C@@H](CSSC[C@H](NC(=O)c1ccccc1)C(=O)OS(=O)(=O)N1C(=O)CCC1=O)C(=O)ON1C(=O)C=CC1=O. The van der Waals surface area contributed by atoms with Crippen LogP contribution < -0.4 is 11.1 Å². The molecular weight excluding hydrogens is 580 g/mol. The van der Waals surface area contributed by atoms with Gasteiger partial charge in [0, 0.05) is 42.1 Å². The van der Waals surface area contributed by atoms with Crippen LogP contribution in [-0.2, 0) is 48.1 Å². The van der Waals surface area contributed by atoms with Crippen LogP contribution >= 0.6 is 21.6 Å². The Bertz CT molecular complexity index is 1300. The fourth-order valence-corrected chi connectivity index (χ4v) is 6.28. The lowest BCUT2D eigenvalue weighted by molar-refractivity contribution is -0.196. The molecule has 0 radical (unpaired) electrons. The molecule has 1 saturated heterocycles. The Morgan fingerprint density at radius 3 is 2.08 bits per heavy atom. The summed E-state index contributed by atoms with van der Waals surface area (Å²) in [4.78, 5) is 88.6. The second-order valence-corrected chi connectivity index (χ2v) is 11.6. The van der Waals surface area contributed by atoms with E-state index < -0.39 is 63.9 Å². The van der Waals surface area contributed by atoms with Crippen molar-refractivity contribution in [3.05, 3.63) is 48.0 Å². The molecule has 0 aromatic heterocycles. The fourth-order valence-electron chi connectivity index (χ4n) is 2.94. The summed E-state index contributed by atoms with van der Waals surface area (Å²) in [5.74, 6) is -7.58. The molecule has 39 heavy (non-hydrogen) atoms. The Morgan fingerprint density at radius 2 is 1.49 bits per heavy atom. The molecule has 2 atom stereocenters. The zero-order chi connectivity index (χ0) is 28.7. The van der Waals surface area contributed by atoms with Gasteiger partial charge in [-0.15, -0.1) is 4.31 Å². The van der Waals surface area contributed by atoms with Gasteiger partial charge in [0.25, 0.3) is 17.7 Å². The molecule has 15 nitrogen and oxygen atoms in total. The van der Waals surface area contributed by atoms with Crippen molar-refractivity contribution in [1.29, 1.82) is 0 Å². The molecule has 18 heteroatoms. The van der Waals surface area contributed by atoms with E-state index in [-0.39, 0.29) is 39.3 Å². The highest BCUT2D eigenvalue weighted by molar-refractivity contribution is 8.76. The van der Waals surface area contributed by atoms with E-state index in [2.05, 4.69) is 14.3 Å². The summed E-state index contributed by atoms with van der Waals surface area (Å²) in [5, 5.41) is 2.56. The summed E-state index contributed by atoms with van der Waals surface area (Å²) in [5.41, 5.74) is 5.85. The topological polar surface area (TPSA) is 217 Å². The number of hydroxylamine groups is 2. The maximum absolute atomic E-state index is 12.7. The number of benzene rings is 1. The smallest absolute Gasteiger partial charge is 0.338 e. The first-order chi connectivity index (χ1) is 18.4. The molecule has 5 amide bonds. The predicted octanol–water partition coefficient (Wildman–Crippen LogP) is -1.19. The molecule has 3 N–H and O–H groups in total. The molecule has 2 aliphatic rings. The number of nitrogens with one attached hydrogen (secondary N) is 1. The predicted molar refractivity (Wildman–Crippen MR) is 134 cm³/mol. The van der Waals surface area contributed by atoms with Gasteiger partial charge in [-0.2, -0.15) is 8.42 Å². The Balaban J connectivity index is 1.60. The second-order valence-electron chi connectivity index (χ2n) is 7.69. The van der Waals surface area contributed by atoms with Crippen molar-refractivity contribution >= 4 is 73.4 Å². The van der Waals surface area contributed by atoms with Crippen molar-refractivity contribution < 1.29 is 51.0 Å². The van der Waals surface area contributed by atoms with Crippen LogP contribution in [0.5, 0.6) is 0 Å². The van der Waals surface area contributed by atoms with Gasteiger partial charge in [0.2, 0.25) is 11.8 Å². The Kier molecular flexibility index (Phi) is 9.84. The maximum Gasteiger partial charge on any atom is 0.421 e. The van der Waals surface area contributed by atoms with Gasteiger partial charge in [0.15, 0.2) is 0 Å². The van der Waals surface area contributed by atoms with Crippen molar-refractivity contribution in [2.75, 3.05) is 11.5 Å². The molecule has 2 aliphatic heterocycles. The minimum Gasteiger partial charge on any atom is -0.338 e. The molecule has 0 spiro atoms. The van der Waals surface area contributed by atoms with E-state index >= 15 is 0 Å². The van der Waals surface area contributed by atoms with Crippen molar-refractivity contribution in [3.63, 3.8) is 0 Å².